The van der Waals surface area contributed by atoms with Crippen molar-refractivity contribution in [1.29, 1.82) is 10.5 Å². The summed E-state index contributed by atoms with van der Waals surface area (Å²) >= 11 is 0. The van der Waals surface area contributed by atoms with E-state index in [1.807, 2.05) is 41.1 Å². The van der Waals surface area contributed by atoms with E-state index in [1.54, 1.807) is 23.4 Å². The molecule has 164 valence electrons. The molecule has 1 aromatic carbocycles. The van der Waals surface area contributed by atoms with E-state index in [2.05, 4.69) is 32.2 Å². The lowest BCUT2D eigenvalue weighted by Crippen LogP contribution is -2.47. The Morgan fingerprint density at radius 1 is 1.15 bits per heavy atom. The average molecular weight is 446 g/mol. The predicted octanol–water partition coefficient (Wildman–Crippen LogP) is 3.33. The molecule has 0 saturated heterocycles. The van der Waals surface area contributed by atoms with Crippen molar-refractivity contribution in [3.8, 4) is 34.7 Å². The number of nitrogens with two attached hydrogens (primary N) is 1. The van der Waals surface area contributed by atoms with Crippen LogP contribution in [0, 0.1) is 28.6 Å². The predicted molar refractivity (Wildman–Crippen MR) is 124 cm³/mol. The highest BCUT2D eigenvalue weighted by molar-refractivity contribution is 5.97. The van der Waals surface area contributed by atoms with Crippen LogP contribution < -0.4 is 5.73 Å². The van der Waals surface area contributed by atoms with Gasteiger partial charge in [-0.2, -0.15) is 25.5 Å². The van der Waals surface area contributed by atoms with Crippen LogP contribution in [0.4, 0.5) is 5.82 Å². The smallest absolute Gasteiger partial charge is 0.179 e. The molecule has 0 bridgehead atoms. The lowest BCUT2D eigenvalue weighted by Gasteiger charge is -2.42. The first-order valence-corrected chi connectivity index (χ1v) is 10.8. The van der Waals surface area contributed by atoms with Gasteiger partial charge in [0.2, 0.25) is 0 Å². The summed E-state index contributed by atoms with van der Waals surface area (Å²) in [5.74, 6) is 0.261. The summed E-state index contributed by atoms with van der Waals surface area (Å²) in [6, 6.07) is 12.3. The fourth-order valence-corrected chi connectivity index (χ4v) is 4.73. The molecule has 0 amide bonds. The van der Waals surface area contributed by atoms with Gasteiger partial charge in [-0.3, -0.25) is 4.98 Å². The fourth-order valence-electron chi connectivity index (χ4n) is 4.73. The summed E-state index contributed by atoms with van der Waals surface area (Å²) in [7, 11) is 0. The molecule has 4 aromatic heterocycles. The Hall–Kier alpha value is -4.83. The largest absolute Gasteiger partial charge is 0.381 e. The van der Waals surface area contributed by atoms with Gasteiger partial charge in [0.15, 0.2) is 11.5 Å². The first kappa shape index (κ1) is 19.8. The lowest BCUT2D eigenvalue weighted by molar-refractivity contribution is 0.0713. The normalized spacial score (nSPS) is 19.5. The van der Waals surface area contributed by atoms with Gasteiger partial charge >= 0.3 is 0 Å². The molecule has 1 aliphatic rings. The van der Waals surface area contributed by atoms with E-state index in [4.69, 9.17) is 10.8 Å². The van der Waals surface area contributed by atoms with Crippen LogP contribution in [0.5, 0.6) is 0 Å². The molecule has 0 atom stereocenters. The lowest BCUT2D eigenvalue weighted by atomic mass is 9.68. The van der Waals surface area contributed by atoms with E-state index in [9.17, 15) is 10.5 Å². The molecule has 2 N–H and O–H groups in total. The van der Waals surface area contributed by atoms with Crippen molar-refractivity contribution < 1.29 is 0 Å². The number of aromatic nitrogens is 7. The second-order valence-electron chi connectivity index (χ2n) is 8.58. The quantitative estimate of drug-likeness (QED) is 0.442. The van der Waals surface area contributed by atoms with Crippen molar-refractivity contribution in [2.24, 2.45) is 5.92 Å². The van der Waals surface area contributed by atoms with Crippen molar-refractivity contribution in [1.82, 2.24) is 34.3 Å². The number of rotatable bonds is 4. The first-order chi connectivity index (χ1) is 16.6. The monoisotopic (exact) mass is 446 g/mol. The Labute approximate surface area is 193 Å². The highest BCUT2D eigenvalue weighted by Crippen LogP contribution is 2.45. The van der Waals surface area contributed by atoms with Gasteiger partial charge in [-0.25, -0.2) is 9.97 Å². The molecule has 5 aromatic rings. The molecule has 6 rings (SSSR count). The van der Waals surface area contributed by atoms with E-state index in [1.165, 1.54) is 0 Å². The highest BCUT2D eigenvalue weighted by Gasteiger charge is 2.48. The maximum absolute atomic E-state index is 9.36. The fraction of sp³-hybridized carbons (Fsp3) is 0.208. The molecule has 34 heavy (non-hydrogen) atoms. The summed E-state index contributed by atoms with van der Waals surface area (Å²) in [4.78, 5) is 14.9. The molecule has 0 radical (unpaired) electrons. The Kier molecular flexibility index (Phi) is 4.29. The molecular weight excluding hydrogens is 428 g/mol. The third-order valence-electron chi connectivity index (χ3n) is 6.45. The van der Waals surface area contributed by atoms with Crippen LogP contribution in [0.15, 0.2) is 55.2 Å². The minimum absolute atomic E-state index is 0.0780. The molecule has 4 heterocycles. The maximum Gasteiger partial charge on any atom is 0.179 e. The molecule has 0 unspecified atom stereocenters. The second-order valence-corrected chi connectivity index (χ2v) is 8.58. The summed E-state index contributed by atoms with van der Waals surface area (Å²) in [6.07, 6.45) is 10.2. The number of nitrogen functional groups attached to an aromatic ring is 1. The van der Waals surface area contributed by atoms with Crippen molar-refractivity contribution in [3.05, 3.63) is 55.2 Å². The summed E-state index contributed by atoms with van der Waals surface area (Å²) in [6.45, 7) is 0. The Bertz CT molecular complexity index is 1640. The molecule has 0 spiro atoms. The van der Waals surface area contributed by atoms with E-state index < -0.39 is 5.54 Å². The SMILES string of the molecule is N#CC[C@]1(n2ncc(-c3cc(-c4cn5ccnc5c(N)n4)cc4ncccc34)n2)C[C@@H](C#N)C1. The third-order valence-corrected chi connectivity index (χ3v) is 6.45. The second kappa shape index (κ2) is 7.36. The highest BCUT2D eigenvalue weighted by atomic mass is 15.5. The van der Waals surface area contributed by atoms with Crippen LogP contribution in [-0.4, -0.2) is 34.3 Å². The van der Waals surface area contributed by atoms with Gasteiger partial charge in [-0.05, 0) is 31.0 Å². The average Bonchev–Trinajstić information content (AvgIpc) is 3.51. The van der Waals surface area contributed by atoms with Gasteiger partial charge in [-0.1, -0.05) is 6.07 Å². The number of hydrogen-bond acceptors (Lipinski definition) is 8. The van der Waals surface area contributed by atoms with Crippen molar-refractivity contribution in [2.75, 3.05) is 5.73 Å². The number of hydrogen-bond donors (Lipinski definition) is 1. The molecule has 10 nitrogen and oxygen atoms in total. The molecule has 10 heteroatoms. The minimum atomic E-state index is -0.540. The number of pyridine rings is 1. The summed E-state index contributed by atoms with van der Waals surface area (Å²) < 4.78 is 1.84. The van der Waals surface area contributed by atoms with Gasteiger partial charge < -0.3 is 10.1 Å². The van der Waals surface area contributed by atoms with E-state index in [0.717, 1.165) is 22.0 Å². The Morgan fingerprint density at radius 2 is 2.03 bits per heavy atom. The first-order valence-electron chi connectivity index (χ1n) is 10.8. The summed E-state index contributed by atoms with van der Waals surface area (Å²) in [5.41, 5.74) is 10.0. The Morgan fingerprint density at radius 3 is 2.85 bits per heavy atom. The number of anilines is 1. The molecular formula is C24H18N10. The Balaban J connectivity index is 1.49. The van der Waals surface area contributed by atoms with Gasteiger partial charge in [0.1, 0.15) is 5.69 Å². The third kappa shape index (κ3) is 2.97. The van der Waals surface area contributed by atoms with Crippen molar-refractivity contribution in [2.45, 2.75) is 24.8 Å². The van der Waals surface area contributed by atoms with Gasteiger partial charge in [0.05, 0.1) is 47.4 Å². The number of nitrogens with zero attached hydrogens (tertiary/aromatic N) is 9. The zero-order valence-corrected chi connectivity index (χ0v) is 18.0. The van der Waals surface area contributed by atoms with Crippen molar-refractivity contribution >= 4 is 22.4 Å². The van der Waals surface area contributed by atoms with Gasteiger partial charge in [0.25, 0.3) is 0 Å². The van der Waals surface area contributed by atoms with Gasteiger partial charge in [-0.15, -0.1) is 0 Å². The zero-order chi connectivity index (χ0) is 23.3. The topological polar surface area (TPSA) is 147 Å². The van der Waals surface area contributed by atoms with Crippen LogP contribution in [0.2, 0.25) is 0 Å². The standard InChI is InChI=1S/C24H18N10/c25-4-3-24(10-15(11-24)12-26)34-30-13-20(32-34)18-8-16(9-19-17(18)2-1-5-28-19)21-14-33-7-6-29-23(33)22(27)31-21/h1-2,5-9,13-15H,3,10-11H2,(H2,27,31)/t15-,24+. The van der Waals surface area contributed by atoms with Crippen LogP contribution in [0.25, 0.3) is 39.1 Å². The van der Waals surface area contributed by atoms with Crippen molar-refractivity contribution in [3.63, 3.8) is 0 Å². The van der Waals surface area contributed by atoms with E-state index in [0.29, 0.717) is 35.7 Å². The van der Waals surface area contributed by atoms with Crippen LogP contribution in [0.3, 0.4) is 0 Å². The molecule has 1 saturated carbocycles. The zero-order valence-electron chi connectivity index (χ0n) is 18.0. The number of fused-ring (bicyclic) bond motifs is 2. The number of nitriles is 2. The van der Waals surface area contributed by atoms with Crippen LogP contribution in [-0.2, 0) is 5.54 Å². The van der Waals surface area contributed by atoms with Crippen LogP contribution >= 0.6 is 0 Å². The number of benzene rings is 1. The minimum Gasteiger partial charge on any atom is -0.381 e. The van der Waals surface area contributed by atoms with Crippen LogP contribution in [0.1, 0.15) is 19.3 Å². The van der Waals surface area contributed by atoms with E-state index in [-0.39, 0.29) is 12.3 Å². The van der Waals surface area contributed by atoms with Gasteiger partial charge in [0, 0.05) is 41.3 Å². The molecule has 1 fully saturated rings. The maximum atomic E-state index is 9.36. The molecule has 1 aliphatic carbocycles. The summed E-state index contributed by atoms with van der Waals surface area (Å²) in [5, 5.41) is 28.8. The molecule has 0 aliphatic heterocycles. The number of imidazole rings is 1. The van der Waals surface area contributed by atoms with E-state index >= 15 is 0 Å².